The molecule has 2 N–H and O–H groups in total. The molecule has 0 amide bonds. The van der Waals surface area contributed by atoms with Crippen molar-refractivity contribution in [1.82, 2.24) is 15.3 Å². The van der Waals surface area contributed by atoms with E-state index in [1.165, 1.54) is 12.1 Å². The zero-order valence-corrected chi connectivity index (χ0v) is 11.1. The van der Waals surface area contributed by atoms with Gasteiger partial charge in [-0.3, -0.25) is 10.1 Å². The number of nitro groups is 1. The fourth-order valence-electron chi connectivity index (χ4n) is 2.53. The lowest BCUT2D eigenvalue weighted by molar-refractivity contribution is -0.384. The van der Waals surface area contributed by atoms with Crippen molar-refractivity contribution in [3.8, 4) is 6.01 Å². The number of ether oxygens (including phenoxy) is 1. The Morgan fingerprint density at radius 2 is 2.35 bits per heavy atom. The van der Waals surface area contributed by atoms with E-state index in [1.807, 2.05) is 7.05 Å². The van der Waals surface area contributed by atoms with Crippen molar-refractivity contribution in [3.05, 3.63) is 28.3 Å². The number of H-pyrrole nitrogens is 1. The first-order chi connectivity index (χ1) is 9.65. The van der Waals surface area contributed by atoms with Crippen molar-refractivity contribution >= 4 is 16.7 Å². The number of nitrogens with zero attached hydrogens (tertiary/aromatic N) is 2. The molecule has 1 aliphatic carbocycles. The van der Waals surface area contributed by atoms with Crippen molar-refractivity contribution < 1.29 is 9.66 Å². The number of aromatic nitrogens is 2. The van der Waals surface area contributed by atoms with Crippen LogP contribution < -0.4 is 10.1 Å². The maximum Gasteiger partial charge on any atom is 0.294 e. The highest BCUT2D eigenvalue weighted by Gasteiger charge is 2.30. The minimum Gasteiger partial charge on any atom is -0.461 e. The number of hydrogen-bond acceptors (Lipinski definition) is 5. The maximum absolute atomic E-state index is 10.7. The Balaban J connectivity index is 1.69. The lowest BCUT2D eigenvalue weighted by atomic mass is 9.82. The van der Waals surface area contributed by atoms with E-state index in [0.29, 0.717) is 23.0 Å². The third-order valence-corrected chi connectivity index (χ3v) is 3.62. The summed E-state index contributed by atoms with van der Waals surface area (Å²) in [5, 5.41) is 13.9. The van der Waals surface area contributed by atoms with Gasteiger partial charge in [0.2, 0.25) is 0 Å². The van der Waals surface area contributed by atoms with Gasteiger partial charge < -0.3 is 15.0 Å². The number of benzene rings is 1. The fraction of sp³-hybridized carbons (Fsp3) is 0.462. The lowest BCUT2D eigenvalue weighted by Gasteiger charge is -2.34. The van der Waals surface area contributed by atoms with Crippen LogP contribution in [0.2, 0.25) is 0 Å². The van der Waals surface area contributed by atoms with Crippen LogP contribution in [-0.2, 0) is 0 Å². The molecule has 7 nitrogen and oxygen atoms in total. The average molecular weight is 276 g/mol. The summed E-state index contributed by atoms with van der Waals surface area (Å²) in [5.41, 5.74) is 1.35. The van der Waals surface area contributed by atoms with E-state index in [9.17, 15) is 10.1 Å². The number of imidazole rings is 1. The first-order valence-electron chi connectivity index (χ1n) is 6.61. The summed E-state index contributed by atoms with van der Waals surface area (Å²) >= 11 is 0. The molecule has 1 aliphatic rings. The SMILES string of the molecule is CNCC1CC(Oc2nc3ccc([N+](=O)[O-])cc3[nH]2)C1. The highest BCUT2D eigenvalue weighted by Crippen LogP contribution is 2.31. The largest absolute Gasteiger partial charge is 0.461 e. The fourth-order valence-corrected chi connectivity index (χ4v) is 2.53. The number of aromatic amines is 1. The van der Waals surface area contributed by atoms with Gasteiger partial charge in [0.25, 0.3) is 11.7 Å². The Morgan fingerprint density at radius 3 is 3.05 bits per heavy atom. The third-order valence-electron chi connectivity index (χ3n) is 3.62. The molecule has 1 saturated carbocycles. The first kappa shape index (κ1) is 12.9. The van der Waals surface area contributed by atoms with E-state index in [0.717, 1.165) is 19.4 Å². The summed E-state index contributed by atoms with van der Waals surface area (Å²) in [6.07, 6.45) is 2.21. The summed E-state index contributed by atoms with van der Waals surface area (Å²) in [7, 11) is 1.94. The molecule has 0 unspecified atom stereocenters. The van der Waals surface area contributed by atoms with Crippen LogP contribution >= 0.6 is 0 Å². The second-order valence-corrected chi connectivity index (χ2v) is 5.14. The second kappa shape index (κ2) is 5.09. The van der Waals surface area contributed by atoms with Crippen LogP contribution in [0.5, 0.6) is 6.01 Å². The van der Waals surface area contributed by atoms with Gasteiger partial charge >= 0.3 is 0 Å². The van der Waals surface area contributed by atoms with E-state index < -0.39 is 4.92 Å². The van der Waals surface area contributed by atoms with Crippen LogP contribution in [0.1, 0.15) is 12.8 Å². The van der Waals surface area contributed by atoms with E-state index in [1.54, 1.807) is 6.07 Å². The van der Waals surface area contributed by atoms with Crippen molar-refractivity contribution in [1.29, 1.82) is 0 Å². The molecule has 7 heteroatoms. The number of non-ortho nitro benzene ring substituents is 1. The summed E-state index contributed by atoms with van der Waals surface area (Å²) in [5.74, 6) is 0.662. The molecule has 3 rings (SSSR count). The predicted octanol–water partition coefficient (Wildman–Crippen LogP) is 1.85. The Labute approximate surface area is 115 Å². The molecule has 20 heavy (non-hydrogen) atoms. The van der Waals surface area contributed by atoms with E-state index in [2.05, 4.69) is 15.3 Å². The van der Waals surface area contributed by atoms with Crippen LogP contribution in [0.4, 0.5) is 5.69 Å². The molecular formula is C13H16N4O3. The Morgan fingerprint density at radius 1 is 1.55 bits per heavy atom. The Hall–Kier alpha value is -2.15. The zero-order valence-electron chi connectivity index (χ0n) is 11.1. The van der Waals surface area contributed by atoms with Gasteiger partial charge in [-0.1, -0.05) is 0 Å². The Kier molecular flexibility index (Phi) is 3.27. The van der Waals surface area contributed by atoms with Crippen LogP contribution in [0.3, 0.4) is 0 Å². The number of hydrogen-bond donors (Lipinski definition) is 2. The van der Waals surface area contributed by atoms with Crippen LogP contribution in [0.15, 0.2) is 18.2 Å². The average Bonchev–Trinajstić information content (AvgIpc) is 2.77. The van der Waals surface area contributed by atoms with Gasteiger partial charge in [0.15, 0.2) is 0 Å². The number of nitrogens with one attached hydrogen (secondary N) is 2. The van der Waals surface area contributed by atoms with Crippen molar-refractivity contribution in [2.24, 2.45) is 5.92 Å². The first-order valence-corrected chi connectivity index (χ1v) is 6.61. The maximum atomic E-state index is 10.7. The van der Waals surface area contributed by atoms with Gasteiger partial charge in [-0.2, -0.15) is 4.98 Å². The molecule has 0 spiro atoms. The molecule has 1 aromatic carbocycles. The van der Waals surface area contributed by atoms with Gasteiger partial charge in [-0.15, -0.1) is 0 Å². The van der Waals surface area contributed by atoms with Gasteiger partial charge in [0.1, 0.15) is 6.10 Å². The highest BCUT2D eigenvalue weighted by molar-refractivity contribution is 5.78. The number of rotatable bonds is 5. The van der Waals surface area contributed by atoms with Crippen molar-refractivity contribution in [2.75, 3.05) is 13.6 Å². The van der Waals surface area contributed by atoms with Crippen LogP contribution in [0, 0.1) is 16.0 Å². The molecule has 1 heterocycles. The molecule has 0 radical (unpaired) electrons. The van der Waals surface area contributed by atoms with Gasteiger partial charge in [0, 0.05) is 12.1 Å². The molecular weight excluding hydrogens is 260 g/mol. The molecule has 1 fully saturated rings. The number of fused-ring (bicyclic) bond motifs is 1. The quantitative estimate of drug-likeness (QED) is 0.642. The third kappa shape index (κ3) is 2.44. The second-order valence-electron chi connectivity index (χ2n) is 5.14. The molecule has 0 aliphatic heterocycles. The molecule has 1 aromatic heterocycles. The van der Waals surface area contributed by atoms with Gasteiger partial charge in [-0.25, -0.2) is 0 Å². The summed E-state index contributed by atoms with van der Waals surface area (Å²) in [6, 6.07) is 4.98. The molecule has 0 bridgehead atoms. The topological polar surface area (TPSA) is 93.1 Å². The zero-order chi connectivity index (χ0) is 14.1. The molecule has 0 saturated heterocycles. The molecule has 106 valence electrons. The molecule has 0 atom stereocenters. The Bertz CT molecular complexity index is 634. The van der Waals surface area contributed by atoms with E-state index in [4.69, 9.17) is 4.74 Å². The number of nitro benzene ring substituents is 1. The van der Waals surface area contributed by atoms with Crippen molar-refractivity contribution in [3.63, 3.8) is 0 Å². The minimum absolute atomic E-state index is 0.0467. The monoisotopic (exact) mass is 276 g/mol. The standard InChI is InChI=1S/C13H16N4O3/c1-14-7-8-4-10(5-8)20-13-15-11-3-2-9(17(18)19)6-12(11)16-13/h2-3,6,8,10,14H,4-5,7H2,1H3,(H,15,16). The minimum atomic E-state index is -0.422. The predicted molar refractivity (Wildman–Crippen MR) is 73.8 cm³/mol. The van der Waals surface area contributed by atoms with Gasteiger partial charge in [-0.05, 0) is 38.4 Å². The highest BCUT2D eigenvalue weighted by atomic mass is 16.6. The normalized spacial score (nSPS) is 21.6. The van der Waals surface area contributed by atoms with E-state index in [-0.39, 0.29) is 11.8 Å². The lowest BCUT2D eigenvalue weighted by Crippen LogP contribution is -2.38. The summed E-state index contributed by atoms with van der Waals surface area (Å²) in [6.45, 7) is 1.01. The van der Waals surface area contributed by atoms with Gasteiger partial charge in [0.05, 0.1) is 16.0 Å². The smallest absolute Gasteiger partial charge is 0.294 e. The summed E-state index contributed by atoms with van der Waals surface area (Å²) in [4.78, 5) is 17.6. The molecule has 2 aromatic rings. The van der Waals surface area contributed by atoms with Crippen LogP contribution in [0.25, 0.3) is 11.0 Å². The summed E-state index contributed by atoms with van der Waals surface area (Å²) < 4.78 is 5.75. The van der Waals surface area contributed by atoms with E-state index >= 15 is 0 Å². The van der Waals surface area contributed by atoms with Crippen molar-refractivity contribution in [2.45, 2.75) is 18.9 Å². The van der Waals surface area contributed by atoms with Crippen LogP contribution in [-0.4, -0.2) is 34.6 Å².